The average Bonchev–Trinajstić information content (AvgIpc) is 2.71. The van der Waals surface area contributed by atoms with E-state index < -0.39 is 53.8 Å². The van der Waals surface area contributed by atoms with Crippen LogP contribution in [0.15, 0.2) is 24.3 Å². The van der Waals surface area contributed by atoms with Crippen LogP contribution in [-0.2, 0) is 33.4 Å². The molecule has 0 fully saturated rings. The molecule has 0 radical (unpaired) electrons. The van der Waals surface area contributed by atoms with E-state index in [0.29, 0.717) is 25.0 Å². The van der Waals surface area contributed by atoms with Crippen molar-refractivity contribution in [2.24, 2.45) is 0 Å². The number of ether oxygens (including phenoxy) is 3. The largest absolute Gasteiger partial charge is 0.460 e. The van der Waals surface area contributed by atoms with E-state index in [-0.39, 0.29) is 17.9 Å². The van der Waals surface area contributed by atoms with E-state index in [1.54, 1.807) is 48.5 Å². The maximum Gasteiger partial charge on any atom is 0.408 e. The number of carbonyl (C=O) groups is 5. The fraction of sp³-hybridized carbons (Fsp3) is 0.654. The smallest absolute Gasteiger partial charge is 0.408 e. The van der Waals surface area contributed by atoms with Crippen LogP contribution < -0.4 is 16.0 Å². The highest BCUT2D eigenvalue weighted by atomic mass is 16.6. The number of carbonyl (C=O) groups excluding carboxylic acids is 5. The first-order chi connectivity index (χ1) is 16.8. The molecule has 0 aliphatic heterocycles. The number of esters is 2. The lowest BCUT2D eigenvalue weighted by molar-refractivity contribution is -0.161. The Labute approximate surface area is 219 Å². The zero-order chi connectivity index (χ0) is 29.0. The van der Waals surface area contributed by atoms with Gasteiger partial charge in [-0.1, -0.05) is 13.2 Å². The van der Waals surface area contributed by atoms with Gasteiger partial charge in [0, 0.05) is 17.7 Å². The Morgan fingerprint density at radius 1 is 0.784 bits per heavy atom. The van der Waals surface area contributed by atoms with Crippen LogP contribution in [-0.4, -0.2) is 66.3 Å². The SMILES string of the molecule is C=C(C)C(=O)NCCCC[C@H](NC(=O)OC(C)(C)C)C(=O)N[C@@H](COC(=O)C(=C)C)C(=O)OC(C)(C)C. The standard InChI is InChI=1S/C26H43N3O8/c1-16(2)20(30)27-14-12-11-13-18(29-24(34)37-26(8,9)10)21(31)28-19(15-35-22(32)17(3)4)23(33)36-25(5,6)7/h18-19H,1,3,11-15H2,2,4-10H3,(H,27,30)(H,28,31)(H,29,34)/t18-,19-/m0/s1. The van der Waals surface area contributed by atoms with E-state index in [1.165, 1.54) is 6.92 Å². The van der Waals surface area contributed by atoms with Gasteiger partial charge >= 0.3 is 18.0 Å². The van der Waals surface area contributed by atoms with Crippen LogP contribution in [0, 0.1) is 0 Å². The minimum absolute atomic E-state index is 0.123. The van der Waals surface area contributed by atoms with Gasteiger partial charge in [-0.05, 0) is 74.7 Å². The molecular formula is C26H43N3O8. The van der Waals surface area contributed by atoms with Crippen LogP contribution >= 0.6 is 0 Å². The number of hydrogen-bond acceptors (Lipinski definition) is 8. The second kappa shape index (κ2) is 15.0. The highest BCUT2D eigenvalue weighted by Crippen LogP contribution is 2.11. The number of unbranched alkanes of at least 4 members (excludes halogenated alkanes) is 1. The Balaban J connectivity index is 5.50. The van der Waals surface area contributed by atoms with Gasteiger partial charge in [0.05, 0.1) is 0 Å². The van der Waals surface area contributed by atoms with Crippen molar-refractivity contribution in [3.63, 3.8) is 0 Å². The van der Waals surface area contributed by atoms with Crippen molar-refractivity contribution in [1.82, 2.24) is 16.0 Å². The van der Waals surface area contributed by atoms with Crippen molar-refractivity contribution in [3.05, 3.63) is 24.3 Å². The highest BCUT2D eigenvalue weighted by molar-refractivity contribution is 5.92. The summed E-state index contributed by atoms with van der Waals surface area (Å²) < 4.78 is 15.7. The molecule has 0 spiro atoms. The van der Waals surface area contributed by atoms with Crippen molar-refractivity contribution in [1.29, 1.82) is 0 Å². The molecule has 0 aliphatic carbocycles. The molecule has 3 N–H and O–H groups in total. The lowest BCUT2D eigenvalue weighted by Crippen LogP contribution is -2.54. The third-order valence-electron chi connectivity index (χ3n) is 4.34. The molecule has 11 heteroatoms. The zero-order valence-electron chi connectivity index (χ0n) is 23.4. The van der Waals surface area contributed by atoms with Gasteiger partial charge in [0.1, 0.15) is 23.9 Å². The average molecular weight is 526 g/mol. The van der Waals surface area contributed by atoms with Crippen LogP contribution in [0.5, 0.6) is 0 Å². The van der Waals surface area contributed by atoms with Gasteiger partial charge in [0.2, 0.25) is 11.8 Å². The molecule has 0 bridgehead atoms. The molecule has 37 heavy (non-hydrogen) atoms. The molecule has 0 heterocycles. The monoisotopic (exact) mass is 525 g/mol. The molecule has 0 aliphatic rings. The first-order valence-electron chi connectivity index (χ1n) is 12.1. The summed E-state index contributed by atoms with van der Waals surface area (Å²) in [6.07, 6.45) is 0.336. The summed E-state index contributed by atoms with van der Waals surface area (Å²) in [5.41, 5.74) is -1.16. The molecule has 0 unspecified atom stereocenters. The Morgan fingerprint density at radius 3 is 1.84 bits per heavy atom. The van der Waals surface area contributed by atoms with Crippen molar-refractivity contribution >= 4 is 29.8 Å². The van der Waals surface area contributed by atoms with E-state index in [1.807, 2.05) is 0 Å². The third kappa shape index (κ3) is 16.1. The van der Waals surface area contributed by atoms with Crippen LogP contribution in [0.25, 0.3) is 0 Å². The summed E-state index contributed by atoms with van der Waals surface area (Å²) in [5, 5.41) is 7.72. The summed E-state index contributed by atoms with van der Waals surface area (Å²) in [6, 6.07) is -2.40. The summed E-state index contributed by atoms with van der Waals surface area (Å²) in [7, 11) is 0. The summed E-state index contributed by atoms with van der Waals surface area (Å²) >= 11 is 0. The van der Waals surface area contributed by atoms with E-state index in [2.05, 4.69) is 29.1 Å². The van der Waals surface area contributed by atoms with Crippen LogP contribution in [0.3, 0.4) is 0 Å². The van der Waals surface area contributed by atoms with Crippen LogP contribution in [0.1, 0.15) is 74.7 Å². The summed E-state index contributed by atoms with van der Waals surface area (Å²) in [4.78, 5) is 61.7. The number of nitrogens with one attached hydrogen (secondary N) is 3. The van der Waals surface area contributed by atoms with Gasteiger partial charge in [-0.3, -0.25) is 9.59 Å². The maximum atomic E-state index is 13.1. The summed E-state index contributed by atoms with van der Waals surface area (Å²) in [5.74, 6) is -2.51. The van der Waals surface area contributed by atoms with E-state index >= 15 is 0 Å². The fourth-order valence-corrected chi connectivity index (χ4v) is 2.64. The van der Waals surface area contributed by atoms with Gasteiger partial charge in [-0.2, -0.15) is 0 Å². The van der Waals surface area contributed by atoms with Crippen molar-refractivity contribution < 1.29 is 38.2 Å². The number of rotatable bonds is 13. The maximum absolute atomic E-state index is 13.1. The molecule has 0 aromatic rings. The van der Waals surface area contributed by atoms with E-state index in [9.17, 15) is 24.0 Å². The molecule has 210 valence electrons. The van der Waals surface area contributed by atoms with Crippen molar-refractivity contribution in [3.8, 4) is 0 Å². The lowest BCUT2D eigenvalue weighted by atomic mass is 10.1. The van der Waals surface area contributed by atoms with Gasteiger partial charge < -0.3 is 30.2 Å². The quantitative estimate of drug-likeness (QED) is 0.144. The minimum atomic E-state index is -1.33. The van der Waals surface area contributed by atoms with Crippen molar-refractivity contribution in [2.45, 2.75) is 97.9 Å². The van der Waals surface area contributed by atoms with Gasteiger partial charge in [0.25, 0.3) is 0 Å². The minimum Gasteiger partial charge on any atom is -0.460 e. The Hall–Kier alpha value is -3.37. The van der Waals surface area contributed by atoms with Crippen LogP contribution in [0.4, 0.5) is 4.79 Å². The molecule has 2 atom stereocenters. The lowest BCUT2D eigenvalue weighted by Gasteiger charge is -2.27. The zero-order valence-corrected chi connectivity index (χ0v) is 23.4. The Kier molecular flexibility index (Phi) is 13.6. The first-order valence-corrected chi connectivity index (χ1v) is 12.1. The Morgan fingerprint density at radius 2 is 1.35 bits per heavy atom. The second-order valence-electron chi connectivity index (χ2n) is 10.7. The fourth-order valence-electron chi connectivity index (χ4n) is 2.64. The predicted octanol–water partition coefficient (Wildman–Crippen LogP) is 2.69. The molecule has 0 rings (SSSR count). The van der Waals surface area contributed by atoms with Gasteiger partial charge in [0.15, 0.2) is 6.04 Å². The van der Waals surface area contributed by atoms with E-state index in [4.69, 9.17) is 14.2 Å². The van der Waals surface area contributed by atoms with Crippen LogP contribution in [0.2, 0.25) is 0 Å². The number of alkyl carbamates (subject to hydrolysis) is 1. The number of hydrogen-bond donors (Lipinski definition) is 3. The molecule has 0 saturated carbocycles. The topological polar surface area (TPSA) is 149 Å². The molecule has 3 amide bonds. The first kappa shape index (κ1) is 33.6. The predicted molar refractivity (Wildman–Crippen MR) is 138 cm³/mol. The Bertz CT molecular complexity index is 868. The third-order valence-corrected chi connectivity index (χ3v) is 4.34. The van der Waals surface area contributed by atoms with E-state index in [0.717, 1.165) is 0 Å². The molecule has 0 saturated heterocycles. The highest BCUT2D eigenvalue weighted by Gasteiger charge is 2.32. The molecule has 0 aromatic carbocycles. The van der Waals surface area contributed by atoms with Gasteiger partial charge in [-0.15, -0.1) is 0 Å². The number of amides is 3. The van der Waals surface area contributed by atoms with Crippen molar-refractivity contribution in [2.75, 3.05) is 13.2 Å². The molecular weight excluding hydrogens is 482 g/mol. The molecule has 0 aromatic heterocycles. The molecule has 11 nitrogen and oxygen atoms in total. The normalized spacial score (nSPS) is 12.9. The second-order valence-corrected chi connectivity index (χ2v) is 10.7. The summed E-state index contributed by atoms with van der Waals surface area (Å²) in [6.45, 7) is 20.0. The van der Waals surface area contributed by atoms with Gasteiger partial charge in [-0.25, -0.2) is 14.4 Å².